The van der Waals surface area contributed by atoms with Gasteiger partial charge in [-0.05, 0) is 12.1 Å². The van der Waals surface area contributed by atoms with Crippen LogP contribution in [0.2, 0.25) is 0 Å². The summed E-state index contributed by atoms with van der Waals surface area (Å²) in [6, 6.07) is 4.70. The second-order valence-corrected chi connectivity index (χ2v) is 5.09. The molecule has 8 heteroatoms. The summed E-state index contributed by atoms with van der Waals surface area (Å²) in [4.78, 5) is 8.28. The van der Waals surface area contributed by atoms with Crippen molar-refractivity contribution in [2.45, 2.75) is 12.1 Å². The Hall–Kier alpha value is -2.61. The van der Waals surface area contributed by atoms with Gasteiger partial charge in [-0.15, -0.1) is 5.10 Å². The summed E-state index contributed by atoms with van der Waals surface area (Å²) in [5.74, 6) is 0.112. The first kappa shape index (κ1) is 13.1. The molecule has 0 spiro atoms. The van der Waals surface area contributed by atoms with Crippen molar-refractivity contribution in [2.75, 3.05) is 18.5 Å². The van der Waals surface area contributed by atoms with Crippen LogP contribution in [-0.2, 0) is 4.74 Å². The lowest BCUT2D eigenvalue weighted by molar-refractivity contribution is 0.183. The first-order chi connectivity index (χ1) is 10.8. The summed E-state index contributed by atoms with van der Waals surface area (Å²) >= 11 is 0. The number of hydrogen-bond donors (Lipinski definition) is 1. The van der Waals surface area contributed by atoms with Gasteiger partial charge in [-0.3, -0.25) is 0 Å². The number of nitrogens with zero attached hydrogens (tertiary/aromatic N) is 5. The maximum atomic E-state index is 14.1. The molecule has 1 aromatic carbocycles. The highest BCUT2D eigenvalue weighted by Crippen LogP contribution is 2.27. The molecule has 4 rings (SSSR count). The molecule has 3 aromatic rings. The zero-order chi connectivity index (χ0) is 14.9. The van der Waals surface area contributed by atoms with Crippen LogP contribution in [0.25, 0.3) is 10.9 Å². The Kier molecular flexibility index (Phi) is 3.15. The van der Waals surface area contributed by atoms with E-state index < -0.39 is 0 Å². The second-order valence-electron chi connectivity index (χ2n) is 5.09. The molecule has 0 radical (unpaired) electrons. The normalized spacial score (nSPS) is 21.3. The second kappa shape index (κ2) is 5.30. The minimum absolute atomic E-state index is 0.0145. The van der Waals surface area contributed by atoms with E-state index in [-0.39, 0.29) is 17.9 Å². The third kappa shape index (κ3) is 2.17. The van der Waals surface area contributed by atoms with Crippen LogP contribution in [0, 0.1) is 5.82 Å². The molecule has 3 heterocycles. The average molecular weight is 300 g/mol. The molecule has 1 saturated heterocycles. The predicted molar refractivity (Wildman–Crippen MR) is 76.8 cm³/mol. The summed E-state index contributed by atoms with van der Waals surface area (Å²) in [6.07, 6.45) is 4.83. The lowest BCUT2D eigenvalue weighted by Crippen LogP contribution is -2.31. The Morgan fingerprint density at radius 3 is 3.09 bits per heavy atom. The van der Waals surface area contributed by atoms with Crippen LogP contribution in [-0.4, -0.2) is 44.2 Å². The van der Waals surface area contributed by atoms with E-state index in [1.54, 1.807) is 29.2 Å². The van der Waals surface area contributed by atoms with Crippen LogP contribution >= 0.6 is 0 Å². The lowest BCUT2D eigenvalue weighted by atomic mass is 10.1. The average Bonchev–Trinajstić information content (AvgIpc) is 3.18. The fourth-order valence-corrected chi connectivity index (χ4v) is 2.69. The van der Waals surface area contributed by atoms with Crippen molar-refractivity contribution in [3.05, 3.63) is 42.7 Å². The summed E-state index contributed by atoms with van der Waals surface area (Å²) in [6.45, 7) is 1.01. The van der Waals surface area contributed by atoms with E-state index in [9.17, 15) is 4.39 Å². The van der Waals surface area contributed by atoms with Crippen molar-refractivity contribution in [2.24, 2.45) is 0 Å². The Balaban J connectivity index is 1.69. The highest BCUT2D eigenvalue weighted by atomic mass is 19.1. The Labute approximate surface area is 125 Å². The van der Waals surface area contributed by atoms with Gasteiger partial charge in [0.2, 0.25) is 0 Å². The topological polar surface area (TPSA) is 77.8 Å². The van der Waals surface area contributed by atoms with E-state index >= 15 is 0 Å². The molecule has 1 aliphatic heterocycles. The van der Waals surface area contributed by atoms with Crippen molar-refractivity contribution >= 4 is 16.7 Å². The molecule has 0 amide bonds. The lowest BCUT2D eigenvalue weighted by Gasteiger charge is -2.20. The summed E-state index contributed by atoms with van der Waals surface area (Å²) < 4.78 is 21.4. The fourth-order valence-electron chi connectivity index (χ4n) is 2.69. The first-order valence-electron chi connectivity index (χ1n) is 6.92. The molecule has 1 aliphatic rings. The van der Waals surface area contributed by atoms with E-state index in [4.69, 9.17) is 4.74 Å². The predicted octanol–water partition coefficient (Wildman–Crippen LogP) is 1.41. The molecule has 1 N–H and O–H groups in total. The molecule has 112 valence electrons. The number of rotatable bonds is 3. The monoisotopic (exact) mass is 300 g/mol. The minimum atomic E-state index is -0.350. The van der Waals surface area contributed by atoms with Crippen LogP contribution < -0.4 is 5.32 Å². The Bertz CT molecular complexity index is 788. The van der Waals surface area contributed by atoms with Gasteiger partial charge in [-0.1, -0.05) is 11.3 Å². The molecular weight excluding hydrogens is 287 g/mol. The van der Waals surface area contributed by atoms with Crippen molar-refractivity contribution in [3.63, 3.8) is 0 Å². The van der Waals surface area contributed by atoms with Crippen molar-refractivity contribution < 1.29 is 9.13 Å². The van der Waals surface area contributed by atoms with E-state index in [0.29, 0.717) is 29.9 Å². The quantitative estimate of drug-likeness (QED) is 0.788. The van der Waals surface area contributed by atoms with Crippen molar-refractivity contribution in [1.29, 1.82) is 0 Å². The molecule has 1 fully saturated rings. The van der Waals surface area contributed by atoms with Gasteiger partial charge in [-0.2, -0.15) is 0 Å². The van der Waals surface area contributed by atoms with Crippen LogP contribution in [0.4, 0.5) is 10.2 Å². The number of anilines is 1. The van der Waals surface area contributed by atoms with E-state index in [2.05, 4.69) is 25.6 Å². The summed E-state index contributed by atoms with van der Waals surface area (Å²) in [5.41, 5.74) is 0.564. The number of benzene rings is 1. The van der Waals surface area contributed by atoms with Gasteiger partial charge >= 0.3 is 0 Å². The molecule has 22 heavy (non-hydrogen) atoms. The summed E-state index contributed by atoms with van der Waals surface area (Å²) in [5, 5.41) is 11.5. The Morgan fingerprint density at radius 1 is 1.27 bits per heavy atom. The van der Waals surface area contributed by atoms with Gasteiger partial charge in [0.05, 0.1) is 42.4 Å². The van der Waals surface area contributed by atoms with Gasteiger partial charge in [0.1, 0.15) is 18.0 Å². The first-order valence-corrected chi connectivity index (χ1v) is 6.92. The zero-order valence-corrected chi connectivity index (χ0v) is 11.6. The van der Waals surface area contributed by atoms with E-state index in [1.807, 2.05) is 0 Å². The Morgan fingerprint density at radius 2 is 2.23 bits per heavy atom. The number of nitrogens with one attached hydrogen (secondary N) is 1. The molecule has 0 aliphatic carbocycles. The fraction of sp³-hybridized carbons (Fsp3) is 0.286. The standard InChI is InChI=1S/C14H13FN6O/c15-9-2-1-3-10-13(9)14(17-8-16-10)19-11-6-22-7-12(11)21-5-4-18-20-21/h1-5,8,11-12H,6-7H2,(H,16,17,19)/t11-,12+/m0/s1. The number of aromatic nitrogens is 5. The highest BCUT2D eigenvalue weighted by Gasteiger charge is 2.31. The number of ether oxygens (including phenoxy) is 1. The molecule has 7 nitrogen and oxygen atoms in total. The third-order valence-electron chi connectivity index (χ3n) is 3.77. The smallest absolute Gasteiger partial charge is 0.140 e. The molecule has 0 saturated carbocycles. The maximum absolute atomic E-state index is 14.1. The van der Waals surface area contributed by atoms with E-state index in [1.165, 1.54) is 12.4 Å². The van der Waals surface area contributed by atoms with Crippen LogP contribution in [0.5, 0.6) is 0 Å². The van der Waals surface area contributed by atoms with Crippen LogP contribution in [0.1, 0.15) is 6.04 Å². The zero-order valence-electron chi connectivity index (χ0n) is 11.6. The third-order valence-corrected chi connectivity index (χ3v) is 3.77. The molecule has 0 unspecified atom stereocenters. The number of hydrogen-bond acceptors (Lipinski definition) is 6. The van der Waals surface area contributed by atoms with Crippen molar-refractivity contribution in [3.8, 4) is 0 Å². The SMILES string of the molecule is Fc1cccc2ncnc(N[C@H]3COC[C@H]3n3ccnn3)c12. The van der Waals surface area contributed by atoms with Crippen molar-refractivity contribution in [1.82, 2.24) is 25.0 Å². The van der Waals surface area contributed by atoms with Crippen LogP contribution in [0.15, 0.2) is 36.9 Å². The van der Waals surface area contributed by atoms with Gasteiger partial charge in [0.15, 0.2) is 0 Å². The van der Waals surface area contributed by atoms with Crippen LogP contribution in [0.3, 0.4) is 0 Å². The number of halogens is 1. The largest absolute Gasteiger partial charge is 0.377 e. The van der Waals surface area contributed by atoms with Gasteiger partial charge in [0, 0.05) is 6.20 Å². The van der Waals surface area contributed by atoms with Gasteiger partial charge < -0.3 is 10.1 Å². The maximum Gasteiger partial charge on any atom is 0.140 e. The summed E-state index contributed by atoms with van der Waals surface area (Å²) in [7, 11) is 0. The molecule has 2 atom stereocenters. The van der Waals surface area contributed by atoms with E-state index in [0.717, 1.165) is 0 Å². The van der Waals surface area contributed by atoms with Gasteiger partial charge in [-0.25, -0.2) is 19.0 Å². The highest BCUT2D eigenvalue weighted by molar-refractivity contribution is 5.89. The minimum Gasteiger partial charge on any atom is -0.377 e. The molecular formula is C14H13FN6O. The number of fused-ring (bicyclic) bond motifs is 1. The molecule has 0 bridgehead atoms. The van der Waals surface area contributed by atoms with Gasteiger partial charge in [0.25, 0.3) is 0 Å². The molecule has 2 aromatic heterocycles.